The minimum Gasteiger partial charge on any atom is -0.350 e. The maximum absolute atomic E-state index is 11.7. The van der Waals surface area contributed by atoms with Crippen LogP contribution in [0.25, 0.3) is 0 Å². The van der Waals surface area contributed by atoms with Crippen LogP contribution in [0.5, 0.6) is 0 Å². The number of rotatable bonds is 12. The lowest BCUT2D eigenvalue weighted by molar-refractivity contribution is -0.120. The second kappa shape index (κ2) is 16.2. The number of nitrogens with two attached hydrogens (primary N) is 1. The number of carbonyl (C=O) groups is 1. The zero-order valence-corrected chi connectivity index (χ0v) is 28.1. The molecule has 4 rings (SSSR count). The van der Waals surface area contributed by atoms with Gasteiger partial charge in [-0.25, -0.2) is 0 Å². The Morgan fingerprint density at radius 1 is 0.609 bits per heavy atom. The van der Waals surface area contributed by atoms with Gasteiger partial charge in [0.15, 0.2) is 0 Å². The highest BCUT2D eigenvalue weighted by Crippen LogP contribution is 2.39. The number of alkyl halides is 1. The summed E-state index contributed by atoms with van der Waals surface area (Å²) in [7, 11) is 0. The number of halogens is 1. The molecule has 0 aromatic heterocycles. The molecular formula is C40H45ClN4O. The highest BCUT2D eigenvalue weighted by atomic mass is 35.5. The van der Waals surface area contributed by atoms with E-state index in [-0.39, 0.29) is 17.3 Å². The summed E-state index contributed by atoms with van der Waals surface area (Å²) in [6, 6.07) is 44.7. The minimum absolute atomic E-state index is 0.0653. The number of amides is 1. The molecule has 0 aliphatic heterocycles. The molecule has 46 heavy (non-hydrogen) atoms. The Hall–Kier alpha value is -4.42. The number of nitrogens with zero attached hydrogens (tertiary/aromatic N) is 2. The van der Waals surface area contributed by atoms with Crippen molar-refractivity contribution in [2.45, 2.75) is 75.3 Å². The summed E-state index contributed by atoms with van der Waals surface area (Å²) in [4.78, 5) is 11.7. The van der Waals surface area contributed by atoms with Crippen LogP contribution in [0.15, 0.2) is 121 Å². The Morgan fingerprint density at radius 3 is 1.17 bits per heavy atom. The Kier molecular flexibility index (Phi) is 12.7. The molecule has 0 saturated carbocycles. The third-order valence-corrected chi connectivity index (χ3v) is 8.56. The number of benzene rings is 4. The first-order valence-corrected chi connectivity index (χ1v) is 16.2. The summed E-state index contributed by atoms with van der Waals surface area (Å²) in [6.07, 6.45) is 2.73. The zero-order valence-electron chi connectivity index (χ0n) is 27.3. The molecule has 1 amide bonds. The Morgan fingerprint density at radius 2 is 0.913 bits per heavy atom. The lowest BCUT2D eigenvalue weighted by Crippen LogP contribution is -2.45. The highest BCUT2D eigenvalue weighted by Gasteiger charge is 2.37. The monoisotopic (exact) mass is 632 g/mol. The molecule has 0 unspecified atom stereocenters. The van der Waals surface area contributed by atoms with Crippen LogP contribution in [0.3, 0.4) is 0 Å². The number of carbonyl (C=O) groups excluding carboxylic acids is 1. The van der Waals surface area contributed by atoms with Crippen molar-refractivity contribution >= 4 is 17.5 Å². The van der Waals surface area contributed by atoms with Crippen molar-refractivity contribution in [2.24, 2.45) is 5.73 Å². The molecule has 0 bridgehead atoms. The van der Waals surface area contributed by atoms with Crippen LogP contribution in [-0.4, -0.2) is 22.9 Å². The van der Waals surface area contributed by atoms with E-state index in [0.29, 0.717) is 19.3 Å². The van der Waals surface area contributed by atoms with Gasteiger partial charge in [-0.05, 0) is 75.6 Å². The van der Waals surface area contributed by atoms with Crippen molar-refractivity contribution in [2.75, 3.05) is 5.88 Å². The van der Waals surface area contributed by atoms with Crippen molar-refractivity contribution in [3.8, 4) is 12.1 Å². The molecule has 0 radical (unpaired) electrons. The summed E-state index contributed by atoms with van der Waals surface area (Å²) in [5.74, 6) is -0.266. The van der Waals surface area contributed by atoms with E-state index in [1.165, 1.54) is 0 Å². The van der Waals surface area contributed by atoms with Crippen LogP contribution >= 0.6 is 11.6 Å². The van der Waals surface area contributed by atoms with E-state index in [2.05, 4.69) is 17.5 Å². The molecule has 0 saturated heterocycles. The molecular weight excluding hydrogens is 588 g/mol. The van der Waals surface area contributed by atoms with Crippen molar-refractivity contribution in [1.29, 1.82) is 10.5 Å². The van der Waals surface area contributed by atoms with E-state index in [1.807, 2.05) is 149 Å². The second-order valence-corrected chi connectivity index (χ2v) is 13.3. The standard InChI is InChI=1S/C21H23ClN2O.C19H22N2/c1-20(2,24-19(25)15-22)13-14-21(16-23,17-9-5-3-6-10-17)18-11-7-4-8-12-18;1-18(2,21)13-14-19(15-20,16-9-5-3-6-10-16)17-11-7-4-8-12-17/h3-12H,13-15H2,1-2H3,(H,24,25);3-12H,13-14,21H2,1-2H3. The summed E-state index contributed by atoms with van der Waals surface area (Å²) in [5.41, 5.74) is 8.00. The van der Waals surface area contributed by atoms with Crippen LogP contribution in [0.4, 0.5) is 0 Å². The van der Waals surface area contributed by atoms with Gasteiger partial charge in [0.05, 0.1) is 12.1 Å². The smallest absolute Gasteiger partial charge is 0.235 e. The fourth-order valence-electron chi connectivity index (χ4n) is 5.65. The predicted molar refractivity (Wildman–Crippen MR) is 188 cm³/mol. The van der Waals surface area contributed by atoms with Crippen molar-refractivity contribution in [3.05, 3.63) is 144 Å². The molecule has 0 atom stereocenters. The number of hydrogen-bond acceptors (Lipinski definition) is 4. The van der Waals surface area contributed by atoms with Crippen LogP contribution < -0.4 is 11.1 Å². The maximum atomic E-state index is 11.7. The molecule has 0 aliphatic carbocycles. The van der Waals surface area contributed by atoms with Gasteiger partial charge in [-0.2, -0.15) is 10.5 Å². The fourth-order valence-corrected chi connectivity index (χ4v) is 5.72. The third-order valence-electron chi connectivity index (χ3n) is 8.32. The van der Waals surface area contributed by atoms with Gasteiger partial charge in [0.25, 0.3) is 0 Å². The van der Waals surface area contributed by atoms with Crippen molar-refractivity contribution in [1.82, 2.24) is 5.32 Å². The van der Waals surface area contributed by atoms with E-state index in [4.69, 9.17) is 17.3 Å². The summed E-state index contributed by atoms with van der Waals surface area (Å²) < 4.78 is 0. The van der Waals surface area contributed by atoms with E-state index in [9.17, 15) is 15.3 Å². The molecule has 0 aliphatic rings. The van der Waals surface area contributed by atoms with Crippen LogP contribution in [0.2, 0.25) is 0 Å². The lowest BCUT2D eigenvalue weighted by atomic mass is 9.71. The first kappa shape index (κ1) is 36.1. The van der Waals surface area contributed by atoms with Gasteiger partial charge in [-0.1, -0.05) is 121 Å². The van der Waals surface area contributed by atoms with Crippen LogP contribution in [-0.2, 0) is 15.6 Å². The average molecular weight is 633 g/mol. The van der Waals surface area contributed by atoms with Gasteiger partial charge in [0, 0.05) is 11.1 Å². The fraction of sp³-hybridized carbons (Fsp3) is 0.325. The Labute approximate surface area is 280 Å². The molecule has 0 spiro atoms. The minimum atomic E-state index is -0.758. The Balaban J connectivity index is 0.000000254. The first-order chi connectivity index (χ1) is 21.9. The molecule has 6 heteroatoms. The zero-order chi connectivity index (χ0) is 33.7. The molecule has 238 valence electrons. The van der Waals surface area contributed by atoms with Crippen LogP contribution in [0, 0.1) is 22.7 Å². The maximum Gasteiger partial charge on any atom is 0.235 e. The first-order valence-electron chi connectivity index (χ1n) is 15.6. The number of nitrogens with one attached hydrogen (secondary N) is 1. The molecule has 0 fully saturated rings. The van der Waals surface area contributed by atoms with Gasteiger partial charge in [0.2, 0.25) is 5.91 Å². The van der Waals surface area contributed by atoms with Crippen LogP contribution in [0.1, 0.15) is 75.6 Å². The molecule has 4 aromatic carbocycles. The van der Waals surface area contributed by atoms with E-state index < -0.39 is 16.4 Å². The highest BCUT2D eigenvalue weighted by molar-refractivity contribution is 6.27. The van der Waals surface area contributed by atoms with E-state index in [1.54, 1.807) is 0 Å². The number of hydrogen-bond donors (Lipinski definition) is 2. The predicted octanol–water partition coefficient (Wildman–Crippen LogP) is 8.42. The number of nitriles is 2. The van der Waals surface area contributed by atoms with Gasteiger partial charge in [0.1, 0.15) is 16.7 Å². The average Bonchev–Trinajstić information content (AvgIpc) is 3.07. The largest absolute Gasteiger partial charge is 0.350 e. The quantitative estimate of drug-likeness (QED) is 0.153. The second-order valence-electron chi connectivity index (χ2n) is 13.1. The third kappa shape index (κ3) is 9.54. The molecule has 3 N–H and O–H groups in total. The summed E-state index contributed by atoms with van der Waals surface area (Å²) in [6.45, 7) is 7.92. The molecule has 5 nitrogen and oxygen atoms in total. The van der Waals surface area contributed by atoms with Crippen molar-refractivity contribution < 1.29 is 4.79 Å². The van der Waals surface area contributed by atoms with Gasteiger partial charge < -0.3 is 11.1 Å². The molecule has 0 heterocycles. The topological polar surface area (TPSA) is 103 Å². The summed E-state index contributed by atoms with van der Waals surface area (Å²) >= 11 is 5.60. The molecule has 4 aromatic rings. The van der Waals surface area contributed by atoms with Gasteiger partial charge in [-0.15, -0.1) is 11.6 Å². The van der Waals surface area contributed by atoms with Crippen molar-refractivity contribution in [3.63, 3.8) is 0 Å². The Bertz CT molecular complexity index is 1510. The normalized spacial score (nSPS) is 11.7. The SMILES string of the molecule is CC(C)(CCC(C#N)(c1ccccc1)c1ccccc1)NC(=O)CCl.CC(C)(N)CCC(C#N)(c1ccccc1)c1ccccc1. The van der Waals surface area contributed by atoms with E-state index >= 15 is 0 Å². The summed E-state index contributed by atoms with van der Waals surface area (Å²) in [5, 5.41) is 23.1. The van der Waals surface area contributed by atoms with Gasteiger partial charge >= 0.3 is 0 Å². The lowest BCUT2D eigenvalue weighted by Gasteiger charge is -2.33. The van der Waals surface area contributed by atoms with Gasteiger partial charge in [-0.3, -0.25) is 4.79 Å². The van der Waals surface area contributed by atoms with E-state index in [0.717, 1.165) is 28.7 Å².